The van der Waals surface area contributed by atoms with E-state index in [1.54, 1.807) is 0 Å². The summed E-state index contributed by atoms with van der Waals surface area (Å²) in [4.78, 5) is 14.9. The number of hydrogen-bond donors (Lipinski definition) is 1. The van der Waals surface area contributed by atoms with Gasteiger partial charge >= 0.3 is 0 Å². The van der Waals surface area contributed by atoms with Crippen molar-refractivity contribution in [2.24, 2.45) is 5.41 Å². The molecule has 1 aliphatic heterocycles. The second-order valence-corrected chi connectivity index (χ2v) is 7.12. The quantitative estimate of drug-likeness (QED) is 0.923. The Labute approximate surface area is 128 Å². The molecule has 0 saturated carbocycles. The summed E-state index contributed by atoms with van der Waals surface area (Å²) >= 11 is 0. The van der Waals surface area contributed by atoms with E-state index in [0.29, 0.717) is 0 Å². The highest BCUT2D eigenvalue weighted by atomic mass is 16.2. The minimum absolute atomic E-state index is 0.0897. The number of carbonyl (C=O) groups excluding carboxylic acids is 1. The molecular weight excluding hydrogens is 260 g/mol. The Bertz CT molecular complexity index is 478. The lowest BCUT2D eigenvalue weighted by molar-refractivity contribution is -0.134. The van der Waals surface area contributed by atoms with Gasteiger partial charge in [-0.05, 0) is 30.7 Å². The van der Waals surface area contributed by atoms with Crippen LogP contribution in [0.2, 0.25) is 0 Å². The van der Waals surface area contributed by atoms with Crippen LogP contribution in [0.1, 0.15) is 46.6 Å². The van der Waals surface area contributed by atoms with Crippen LogP contribution in [-0.2, 0) is 11.2 Å². The highest BCUT2D eigenvalue weighted by Gasteiger charge is 2.43. The third-order valence-electron chi connectivity index (χ3n) is 4.62. The third-order valence-corrected chi connectivity index (χ3v) is 4.62. The van der Waals surface area contributed by atoms with Gasteiger partial charge in [0.15, 0.2) is 0 Å². The summed E-state index contributed by atoms with van der Waals surface area (Å²) in [6, 6.07) is 10.4. The molecule has 0 aromatic heterocycles. The van der Waals surface area contributed by atoms with Gasteiger partial charge in [0, 0.05) is 6.04 Å². The Hall–Kier alpha value is -1.35. The molecule has 1 fully saturated rings. The van der Waals surface area contributed by atoms with Gasteiger partial charge in [-0.25, -0.2) is 0 Å². The average molecular weight is 288 g/mol. The van der Waals surface area contributed by atoms with Crippen molar-refractivity contribution in [2.75, 3.05) is 0 Å². The first-order valence-electron chi connectivity index (χ1n) is 7.96. The Balaban J connectivity index is 2.15. The molecule has 21 heavy (non-hydrogen) atoms. The van der Waals surface area contributed by atoms with E-state index < -0.39 is 0 Å². The van der Waals surface area contributed by atoms with Crippen molar-refractivity contribution in [3.63, 3.8) is 0 Å². The first kappa shape index (κ1) is 16.0. The largest absolute Gasteiger partial charge is 0.323 e. The number of rotatable bonds is 4. The van der Waals surface area contributed by atoms with E-state index in [9.17, 15) is 4.79 Å². The fourth-order valence-electron chi connectivity index (χ4n) is 2.91. The molecule has 1 aliphatic rings. The van der Waals surface area contributed by atoms with Crippen LogP contribution in [0.5, 0.6) is 0 Å². The highest BCUT2D eigenvalue weighted by Crippen LogP contribution is 2.29. The minimum Gasteiger partial charge on any atom is -0.323 e. The van der Waals surface area contributed by atoms with Gasteiger partial charge in [-0.15, -0.1) is 0 Å². The van der Waals surface area contributed by atoms with E-state index in [1.807, 2.05) is 18.2 Å². The summed E-state index contributed by atoms with van der Waals surface area (Å²) in [6.45, 7) is 10.9. The molecule has 3 unspecified atom stereocenters. The van der Waals surface area contributed by atoms with Gasteiger partial charge in [0.05, 0.1) is 12.2 Å². The van der Waals surface area contributed by atoms with Crippen LogP contribution in [0.4, 0.5) is 0 Å². The molecule has 3 heteroatoms. The Morgan fingerprint density at radius 3 is 2.38 bits per heavy atom. The number of amides is 1. The van der Waals surface area contributed by atoms with Gasteiger partial charge in [-0.1, -0.05) is 58.0 Å². The van der Waals surface area contributed by atoms with Crippen LogP contribution in [0, 0.1) is 5.41 Å². The molecule has 3 atom stereocenters. The minimum atomic E-state index is -0.0952. The predicted octanol–water partition coefficient (Wildman–Crippen LogP) is 3.20. The molecule has 116 valence electrons. The molecule has 1 aromatic rings. The van der Waals surface area contributed by atoms with E-state index >= 15 is 0 Å². The lowest BCUT2D eigenvalue weighted by Gasteiger charge is -2.38. The molecule has 1 amide bonds. The fourth-order valence-corrected chi connectivity index (χ4v) is 2.91. The lowest BCUT2D eigenvalue weighted by Crippen LogP contribution is -2.48. The maximum Gasteiger partial charge on any atom is 0.241 e. The zero-order chi connectivity index (χ0) is 15.6. The van der Waals surface area contributed by atoms with Crippen LogP contribution < -0.4 is 5.32 Å². The van der Waals surface area contributed by atoms with Crippen molar-refractivity contribution < 1.29 is 4.79 Å². The van der Waals surface area contributed by atoms with Crippen molar-refractivity contribution in [1.82, 2.24) is 10.2 Å². The summed E-state index contributed by atoms with van der Waals surface area (Å²) in [5, 5.41) is 3.52. The summed E-state index contributed by atoms with van der Waals surface area (Å²) in [5.74, 6) is 0.244. The Morgan fingerprint density at radius 2 is 1.86 bits per heavy atom. The van der Waals surface area contributed by atoms with Crippen molar-refractivity contribution >= 4 is 5.91 Å². The first-order chi connectivity index (χ1) is 9.84. The summed E-state index contributed by atoms with van der Waals surface area (Å²) in [6.07, 6.45) is 1.86. The van der Waals surface area contributed by atoms with E-state index in [4.69, 9.17) is 0 Å². The first-order valence-corrected chi connectivity index (χ1v) is 7.96. The second-order valence-electron chi connectivity index (χ2n) is 7.12. The third kappa shape index (κ3) is 3.46. The van der Waals surface area contributed by atoms with Crippen LogP contribution in [0.3, 0.4) is 0 Å². The Kier molecular flexibility index (Phi) is 4.72. The van der Waals surface area contributed by atoms with Gasteiger partial charge in [-0.2, -0.15) is 0 Å². The SMILES string of the molecule is CCC1NC(Cc2ccccc2)C(=O)N1C(C)C(C)(C)C. The number of nitrogens with one attached hydrogen (secondary N) is 1. The summed E-state index contributed by atoms with van der Waals surface area (Å²) < 4.78 is 0. The maximum absolute atomic E-state index is 12.8. The molecule has 1 heterocycles. The molecule has 0 aliphatic carbocycles. The number of nitrogens with zero attached hydrogens (tertiary/aromatic N) is 1. The molecule has 0 bridgehead atoms. The van der Waals surface area contributed by atoms with Crippen LogP contribution >= 0.6 is 0 Å². The fraction of sp³-hybridized carbons (Fsp3) is 0.611. The van der Waals surface area contributed by atoms with Gasteiger partial charge < -0.3 is 4.90 Å². The van der Waals surface area contributed by atoms with Crippen molar-refractivity contribution in [2.45, 2.75) is 65.7 Å². The monoisotopic (exact) mass is 288 g/mol. The van der Waals surface area contributed by atoms with Crippen molar-refractivity contribution in [3.05, 3.63) is 35.9 Å². The maximum atomic E-state index is 12.8. The van der Waals surface area contributed by atoms with Gasteiger partial charge in [0.1, 0.15) is 0 Å². The standard InChI is InChI=1S/C18H28N2O/c1-6-16-19-15(12-14-10-8-7-9-11-14)17(21)20(16)13(2)18(3,4)5/h7-11,13,15-16,19H,6,12H2,1-5H3. The topological polar surface area (TPSA) is 32.3 Å². The molecule has 0 radical (unpaired) electrons. The molecule has 3 nitrogen and oxygen atoms in total. The molecule has 1 aromatic carbocycles. The van der Waals surface area contributed by atoms with Crippen LogP contribution in [0.15, 0.2) is 30.3 Å². The smallest absolute Gasteiger partial charge is 0.241 e. The molecule has 1 saturated heterocycles. The average Bonchev–Trinajstić information content (AvgIpc) is 2.74. The van der Waals surface area contributed by atoms with E-state index in [2.05, 4.69) is 57.0 Å². The van der Waals surface area contributed by atoms with E-state index in [0.717, 1.165) is 12.8 Å². The summed E-state index contributed by atoms with van der Waals surface area (Å²) in [5.41, 5.74) is 1.30. The number of hydrogen-bond acceptors (Lipinski definition) is 2. The molecular formula is C18H28N2O. The molecule has 1 N–H and O–H groups in total. The normalized spacial score (nSPS) is 24.4. The zero-order valence-electron chi connectivity index (χ0n) is 13.9. The predicted molar refractivity (Wildman–Crippen MR) is 86.9 cm³/mol. The van der Waals surface area contributed by atoms with Crippen molar-refractivity contribution in [1.29, 1.82) is 0 Å². The lowest BCUT2D eigenvalue weighted by atomic mass is 9.86. The van der Waals surface area contributed by atoms with Gasteiger partial charge in [0.2, 0.25) is 5.91 Å². The van der Waals surface area contributed by atoms with E-state index in [-0.39, 0.29) is 29.6 Å². The molecule has 0 spiro atoms. The molecule has 2 rings (SSSR count). The number of carbonyl (C=O) groups is 1. The van der Waals surface area contributed by atoms with Crippen LogP contribution in [-0.4, -0.2) is 29.1 Å². The zero-order valence-corrected chi connectivity index (χ0v) is 13.9. The van der Waals surface area contributed by atoms with Crippen molar-refractivity contribution in [3.8, 4) is 0 Å². The Morgan fingerprint density at radius 1 is 1.24 bits per heavy atom. The van der Waals surface area contributed by atoms with Gasteiger partial charge in [0.25, 0.3) is 0 Å². The van der Waals surface area contributed by atoms with Gasteiger partial charge in [-0.3, -0.25) is 10.1 Å². The second kappa shape index (κ2) is 6.18. The highest BCUT2D eigenvalue weighted by molar-refractivity contribution is 5.85. The summed E-state index contributed by atoms with van der Waals surface area (Å²) in [7, 11) is 0. The van der Waals surface area contributed by atoms with Crippen LogP contribution in [0.25, 0.3) is 0 Å². The van der Waals surface area contributed by atoms with E-state index in [1.165, 1.54) is 5.56 Å². The number of benzene rings is 1.